The van der Waals surface area contributed by atoms with Gasteiger partial charge in [0.2, 0.25) is 5.91 Å². The van der Waals surface area contributed by atoms with Gasteiger partial charge in [-0.25, -0.2) is 10.0 Å². The highest BCUT2D eigenvalue weighted by molar-refractivity contribution is 6.05. The minimum absolute atomic E-state index is 0.0430. The number of rotatable bonds is 1. The number of carbonyl (C=O) groups excluding carboxylic acids is 2. The van der Waals surface area contributed by atoms with Crippen LogP contribution >= 0.6 is 0 Å². The molecule has 0 aromatic carbocycles. The number of hydrazine groups is 1. The summed E-state index contributed by atoms with van der Waals surface area (Å²) in [6, 6.07) is 0. The molecule has 2 aliphatic heterocycles. The number of nitrogens with zero attached hydrogens (tertiary/aromatic N) is 2. The second-order valence-corrected chi connectivity index (χ2v) is 6.66. The first-order valence-corrected chi connectivity index (χ1v) is 7.75. The zero-order valence-corrected chi connectivity index (χ0v) is 11.9. The standard InChI is InChI=1S/C15H24N2O2/c1-12-5-7-15(8-6-12)11-13(18)17(14(15)19)16-9-3-2-4-10-16/h12H,2-11H2,1H3. The van der Waals surface area contributed by atoms with E-state index in [0.29, 0.717) is 12.3 Å². The van der Waals surface area contributed by atoms with Gasteiger partial charge in [0, 0.05) is 19.5 Å². The van der Waals surface area contributed by atoms with Crippen molar-refractivity contribution < 1.29 is 9.59 Å². The van der Waals surface area contributed by atoms with Crippen molar-refractivity contribution in [3.8, 4) is 0 Å². The van der Waals surface area contributed by atoms with Crippen LogP contribution in [0.2, 0.25) is 0 Å². The molecule has 1 aliphatic carbocycles. The number of imide groups is 1. The first-order chi connectivity index (χ1) is 9.12. The van der Waals surface area contributed by atoms with Crippen LogP contribution in [0, 0.1) is 11.3 Å². The molecule has 4 heteroatoms. The minimum atomic E-state index is -0.346. The van der Waals surface area contributed by atoms with Crippen molar-refractivity contribution in [1.29, 1.82) is 0 Å². The molecule has 0 radical (unpaired) electrons. The van der Waals surface area contributed by atoms with Crippen LogP contribution in [-0.4, -0.2) is 34.9 Å². The van der Waals surface area contributed by atoms with Crippen molar-refractivity contribution in [2.75, 3.05) is 13.1 Å². The van der Waals surface area contributed by atoms with E-state index < -0.39 is 0 Å². The second-order valence-electron chi connectivity index (χ2n) is 6.66. The molecule has 0 bridgehead atoms. The number of hydrogen-bond acceptors (Lipinski definition) is 3. The Bertz CT molecular complexity index is 380. The highest BCUT2D eigenvalue weighted by Gasteiger charge is 2.53. The molecule has 0 atom stereocenters. The van der Waals surface area contributed by atoms with Gasteiger partial charge in [-0.3, -0.25) is 9.59 Å². The molecular weight excluding hydrogens is 240 g/mol. The van der Waals surface area contributed by atoms with Crippen molar-refractivity contribution in [2.24, 2.45) is 11.3 Å². The number of amides is 2. The van der Waals surface area contributed by atoms with E-state index in [9.17, 15) is 9.59 Å². The lowest BCUT2D eigenvalue weighted by Crippen LogP contribution is -2.50. The van der Waals surface area contributed by atoms with E-state index in [1.807, 2.05) is 5.01 Å². The summed E-state index contributed by atoms with van der Waals surface area (Å²) in [7, 11) is 0. The SMILES string of the molecule is CC1CCC2(CC1)CC(=O)N(N1CCCCC1)C2=O. The van der Waals surface area contributed by atoms with Gasteiger partial charge in [-0.05, 0) is 44.4 Å². The van der Waals surface area contributed by atoms with Gasteiger partial charge in [0.25, 0.3) is 5.91 Å². The molecular formula is C15H24N2O2. The van der Waals surface area contributed by atoms with Gasteiger partial charge in [0.15, 0.2) is 0 Å². The van der Waals surface area contributed by atoms with E-state index in [-0.39, 0.29) is 17.2 Å². The summed E-state index contributed by atoms with van der Waals surface area (Å²) in [6.45, 7) is 3.98. The molecule has 1 saturated carbocycles. The van der Waals surface area contributed by atoms with Gasteiger partial charge in [0.05, 0.1) is 5.41 Å². The molecule has 3 fully saturated rings. The normalized spacial score (nSPS) is 37.3. The molecule has 3 aliphatic rings. The number of piperidine rings is 1. The van der Waals surface area contributed by atoms with E-state index in [4.69, 9.17) is 0 Å². The van der Waals surface area contributed by atoms with E-state index >= 15 is 0 Å². The predicted molar refractivity (Wildman–Crippen MR) is 72.0 cm³/mol. The molecule has 2 amide bonds. The largest absolute Gasteiger partial charge is 0.273 e. The minimum Gasteiger partial charge on any atom is -0.273 e. The third-order valence-electron chi connectivity index (χ3n) is 5.22. The summed E-state index contributed by atoms with van der Waals surface area (Å²) in [5.41, 5.74) is -0.346. The molecule has 1 spiro atoms. The lowest BCUT2D eigenvalue weighted by Gasteiger charge is -2.37. The average Bonchev–Trinajstić information content (AvgIpc) is 2.66. The van der Waals surface area contributed by atoms with Gasteiger partial charge in [-0.2, -0.15) is 0 Å². The fourth-order valence-corrected chi connectivity index (χ4v) is 3.85. The topological polar surface area (TPSA) is 40.6 Å². The molecule has 3 rings (SSSR count). The van der Waals surface area contributed by atoms with Gasteiger partial charge < -0.3 is 0 Å². The first kappa shape index (κ1) is 13.1. The van der Waals surface area contributed by atoms with E-state index in [2.05, 4.69) is 6.92 Å². The van der Waals surface area contributed by atoms with Gasteiger partial charge in [-0.15, -0.1) is 0 Å². The van der Waals surface area contributed by atoms with E-state index in [1.54, 1.807) is 0 Å². The molecule has 0 unspecified atom stereocenters. The maximum atomic E-state index is 12.8. The monoisotopic (exact) mass is 264 g/mol. The van der Waals surface area contributed by atoms with E-state index in [1.165, 1.54) is 11.4 Å². The Morgan fingerprint density at radius 2 is 1.68 bits per heavy atom. The summed E-state index contributed by atoms with van der Waals surface area (Å²) in [6.07, 6.45) is 7.86. The fourth-order valence-electron chi connectivity index (χ4n) is 3.85. The molecule has 0 aromatic heterocycles. The maximum Gasteiger partial charge on any atom is 0.250 e. The van der Waals surface area contributed by atoms with Crippen LogP contribution in [0.5, 0.6) is 0 Å². The Kier molecular flexibility index (Phi) is 3.37. The smallest absolute Gasteiger partial charge is 0.250 e. The van der Waals surface area contributed by atoms with Gasteiger partial charge in [-0.1, -0.05) is 13.3 Å². The Hall–Kier alpha value is -0.900. The Morgan fingerprint density at radius 3 is 2.32 bits per heavy atom. The van der Waals surface area contributed by atoms with Crippen molar-refractivity contribution in [3.05, 3.63) is 0 Å². The molecule has 106 valence electrons. The van der Waals surface area contributed by atoms with Crippen LogP contribution in [-0.2, 0) is 9.59 Å². The highest BCUT2D eigenvalue weighted by Crippen LogP contribution is 2.47. The van der Waals surface area contributed by atoms with Crippen LogP contribution in [0.3, 0.4) is 0 Å². The highest BCUT2D eigenvalue weighted by atomic mass is 16.2. The van der Waals surface area contributed by atoms with Gasteiger partial charge >= 0.3 is 0 Å². The molecule has 2 saturated heterocycles. The Balaban J connectivity index is 1.77. The summed E-state index contributed by atoms with van der Waals surface area (Å²) in [4.78, 5) is 25.1. The van der Waals surface area contributed by atoms with Crippen LogP contribution in [0.1, 0.15) is 58.3 Å². The van der Waals surface area contributed by atoms with Crippen molar-refractivity contribution >= 4 is 11.8 Å². The zero-order chi connectivity index (χ0) is 13.5. The van der Waals surface area contributed by atoms with Crippen molar-refractivity contribution in [3.63, 3.8) is 0 Å². The van der Waals surface area contributed by atoms with Crippen molar-refractivity contribution in [1.82, 2.24) is 10.0 Å². The van der Waals surface area contributed by atoms with Crippen molar-refractivity contribution in [2.45, 2.75) is 58.3 Å². The summed E-state index contributed by atoms with van der Waals surface area (Å²) < 4.78 is 0. The second kappa shape index (κ2) is 4.89. The summed E-state index contributed by atoms with van der Waals surface area (Å²) in [5, 5.41) is 3.51. The molecule has 0 aromatic rings. The first-order valence-electron chi connectivity index (χ1n) is 7.75. The van der Waals surface area contributed by atoms with Crippen LogP contribution < -0.4 is 0 Å². The lowest BCUT2D eigenvalue weighted by molar-refractivity contribution is -0.162. The Labute approximate surface area is 115 Å². The van der Waals surface area contributed by atoms with Crippen LogP contribution in [0.15, 0.2) is 0 Å². The molecule has 2 heterocycles. The van der Waals surface area contributed by atoms with E-state index in [0.717, 1.165) is 51.6 Å². The average molecular weight is 264 g/mol. The summed E-state index contributed by atoms with van der Waals surface area (Å²) in [5.74, 6) is 0.852. The number of hydrogen-bond donors (Lipinski definition) is 0. The Morgan fingerprint density at radius 1 is 1.05 bits per heavy atom. The third-order valence-corrected chi connectivity index (χ3v) is 5.22. The lowest BCUT2D eigenvalue weighted by atomic mass is 9.70. The zero-order valence-electron chi connectivity index (χ0n) is 11.9. The molecule has 0 N–H and O–H groups in total. The van der Waals surface area contributed by atoms with Crippen LogP contribution in [0.25, 0.3) is 0 Å². The third kappa shape index (κ3) is 2.20. The molecule has 19 heavy (non-hydrogen) atoms. The maximum absolute atomic E-state index is 12.8. The predicted octanol–water partition coefficient (Wildman–Crippen LogP) is 2.34. The molecule has 4 nitrogen and oxygen atoms in total. The summed E-state index contributed by atoms with van der Waals surface area (Å²) >= 11 is 0. The number of carbonyl (C=O) groups is 2. The fraction of sp³-hybridized carbons (Fsp3) is 0.867. The van der Waals surface area contributed by atoms with Crippen LogP contribution in [0.4, 0.5) is 0 Å². The van der Waals surface area contributed by atoms with Gasteiger partial charge in [0.1, 0.15) is 0 Å². The quantitative estimate of drug-likeness (QED) is 0.683.